The molecule has 1 unspecified atom stereocenters. The fourth-order valence-electron chi connectivity index (χ4n) is 2.11. The van der Waals surface area contributed by atoms with Crippen molar-refractivity contribution in [3.05, 3.63) is 35.9 Å². The van der Waals surface area contributed by atoms with E-state index in [0.29, 0.717) is 13.1 Å². The maximum atomic E-state index is 11.9. The molecule has 0 saturated heterocycles. The van der Waals surface area contributed by atoms with Crippen molar-refractivity contribution in [2.24, 2.45) is 5.41 Å². The molecule has 1 aromatic carbocycles. The number of benzene rings is 1. The highest BCUT2D eigenvalue weighted by Gasteiger charge is 2.27. The molecular formula is C16H24N2O3. The van der Waals surface area contributed by atoms with Gasteiger partial charge in [0.1, 0.15) is 0 Å². The second-order valence-electron chi connectivity index (χ2n) is 5.58. The van der Waals surface area contributed by atoms with Gasteiger partial charge in [-0.15, -0.1) is 0 Å². The number of rotatable bonds is 7. The SMILES string of the molecule is CNC(=O)C(C)(C)CNCC(C(=O)OC)c1ccccc1. The van der Waals surface area contributed by atoms with Crippen LogP contribution in [0, 0.1) is 5.41 Å². The first-order valence-electron chi connectivity index (χ1n) is 6.98. The van der Waals surface area contributed by atoms with Gasteiger partial charge in [0, 0.05) is 20.1 Å². The Morgan fingerprint density at radius 2 is 1.86 bits per heavy atom. The quantitative estimate of drug-likeness (QED) is 0.744. The fourth-order valence-corrected chi connectivity index (χ4v) is 2.11. The van der Waals surface area contributed by atoms with E-state index >= 15 is 0 Å². The summed E-state index contributed by atoms with van der Waals surface area (Å²) < 4.78 is 4.86. The van der Waals surface area contributed by atoms with Crippen molar-refractivity contribution in [3.63, 3.8) is 0 Å². The molecule has 5 heteroatoms. The second kappa shape index (κ2) is 7.78. The van der Waals surface area contributed by atoms with Crippen LogP contribution in [-0.2, 0) is 14.3 Å². The Balaban J connectivity index is 2.68. The summed E-state index contributed by atoms with van der Waals surface area (Å²) >= 11 is 0. The second-order valence-corrected chi connectivity index (χ2v) is 5.58. The number of amides is 1. The fraction of sp³-hybridized carbons (Fsp3) is 0.500. The average Bonchev–Trinajstić information content (AvgIpc) is 2.50. The van der Waals surface area contributed by atoms with E-state index in [-0.39, 0.29) is 17.8 Å². The third-order valence-electron chi connectivity index (χ3n) is 3.44. The zero-order chi connectivity index (χ0) is 15.9. The van der Waals surface area contributed by atoms with E-state index in [1.165, 1.54) is 7.11 Å². The number of ether oxygens (including phenoxy) is 1. The molecule has 0 bridgehead atoms. The molecule has 0 aliphatic rings. The third-order valence-corrected chi connectivity index (χ3v) is 3.44. The highest BCUT2D eigenvalue weighted by atomic mass is 16.5. The molecule has 0 radical (unpaired) electrons. The Hall–Kier alpha value is -1.88. The summed E-state index contributed by atoms with van der Waals surface area (Å²) in [6.45, 7) is 4.62. The Labute approximate surface area is 126 Å². The van der Waals surface area contributed by atoms with Crippen LogP contribution < -0.4 is 10.6 Å². The first kappa shape index (κ1) is 17.2. The molecule has 2 N–H and O–H groups in total. The Bertz CT molecular complexity index is 472. The van der Waals surface area contributed by atoms with E-state index in [9.17, 15) is 9.59 Å². The molecule has 0 aromatic heterocycles. The summed E-state index contributed by atoms with van der Waals surface area (Å²) in [6, 6.07) is 9.47. The highest BCUT2D eigenvalue weighted by molar-refractivity contribution is 5.81. The molecule has 5 nitrogen and oxygen atoms in total. The van der Waals surface area contributed by atoms with Gasteiger partial charge in [-0.05, 0) is 19.4 Å². The largest absolute Gasteiger partial charge is 0.469 e. The number of methoxy groups -OCH3 is 1. The minimum atomic E-state index is -0.536. The van der Waals surface area contributed by atoms with E-state index in [1.54, 1.807) is 7.05 Å². The molecule has 1 rings (SSSR count). The summed E-state index contributed by atoms with van der Waals surface area (Å²) in [5, 5.41) is 5.83. The van der Waals surface area contributed by atoms with Gasteiger partial charge in [-0.25, -0.2) is 0 Å². The summed E-state index contributed by atoms with van der Waals surface area (Å²) in [4.78, 5) is 23.6. The molecule has 0 fully saturated rings. The smallest absolute Gasteiger partial charge is 0.314 e. The van der Waals surface area contributed by atoms with Crippen molar-refractivity contribution in [3.8, 4) is 0 Å². The Morgan fingerprint density at radius 1 is 1.24 bits per heavy atom. The zero-order valence-electron chi connectivity index (χ0n) is 13.1. The van der Waals surface area contributed by atoms with Crippen LogP contribution in [0.4, 0.5) is 0 Å². The van der Waals surface area contributed by atoms with Crippen LogP contribution in [0.5, 0.6) is 0 Å². The van der Waals surface area contributed by atoms with E-state index in [1.807, 2.05) is 44.2 Å². The average molecular weight is 292 g/mol. The zero-order valence-corrected chi connectivity index (χ0v) is 13.1. The maximum Gasteiger partial charge on any atom is 0.314 e. The lowest BCUT2D eigenvalue weighted by Gasteiger charge is -2.24. The number of hydrogen-bond acceptors (Lipinski definition) is 4. The van der Waals surface area contributed by atoms with Crippen LogP contribution in [0.2, 0.25) is 0 Å². The lowest BCUT2D eigenvalue weighted by molar-refractivity contribution is -0.142. The molecular weight excluding hydrogens is 268 g/mol. The van der Waals surface area contributed by atoms with E-state index in [0.717, 1.165) is 5.56 Å². The number of carbonyl (C=O) groups is 2. The lowest BCUT2D eigenvalue weighted by Crippen LogP contribution is -2.43. The van der Waals surface area contributed by atoms with Gasteiger partial charge >= 0.3 is 5.97 Å². The van der Waals surface area contributed by atoms with Gasteiger partial charge in [-0.3, -0.25) is 9.59 Å². The molecule has 1 amide bonds. The molecule has 1 atom stereocenters. The van der Waals surface area contributed by atoms with Crippen molar-refractivity contribution in [1.29, 1.82) is 0 Å². The number of nitrogens with one attached hydrogen (secondary N) is 2. The number of carbonyl (C=O) groups excluding carboxylic acids is 2. The van der Waals surface area contributed by atoms with Crippen molar-refractivity contribution in [2.45, 2.75) is 19.8 Å². The summed E-state index contributed by atoms with van der Waals surface area (Å²) in [5.74, 6) is -0.701. The summed E-state index contributed by atoms with van der Waals surface area (Å²) in [5.41, 5.74) is 0.362. The van der Waals surface area contributed by atoms with Crippen LogP contribution in [0.1, 0.15) is 25.3 Å². The van der Waals surface area contributed by atoms with E-state index in [4.69, 9.17) is 4.74 Å². The number of hydrogen-bond donors (Lipinski definition) is 2. The molecule has 116 valence electrons. The van der Waals surface area contributed by atoms with Crippen LogP contribution in [-0.4, -0.2) is 39.1 Å². The molecule has 0 spiro atoms. The predicted molar refractivity (Wildman–Crippen MR) is 81.9 cm³/mol. The maximum absolute atomic E-state index is 11.9. The summed E-state index contributed by atoms with van der Waals surface area (Å²) in [6.07, 6.45) is 0. The Morgan fingerprint density at radius 3 is 2.38 bits per heavy atom. The predicted octanol–water partition coefficient (Wildman–Crippen LogP) is 1.30. The lowest BCUT2D eigenvalue weighted by atomic mass is 9.91. The minimum Gasteiger partial charge on any atom is -0.469 e. The van der Waals surface area contributed by atoms with Gasteiger partial charge in [0.05, 0.1) is 18.4 Å². The summed E-state index contributed by atoms with van der Waals surface area (Å²) in [7, 11) is 3.00. The molecule has 0 heterocycles. The standard InChI is InChI=1S/C16H24N2O3/c1-16(2,15(20)17-3)11-18-10-13(14(19)21-4)12-8-6-5-7-9-12/h5-9,13,18H,10-11H2,1-4H3,(H,17,20). The van der Waals surface area contributed by atoms with Gasteiger partial charge in [-0.2, -0.15) is 0 Å². The molecule has 0 saturated carbocycles. The first-order chi connectivity index (χ1) is 9.92. The van der Waals surface area contributed by atoms with Crippen molar-refractivity contribution in [1.82, 2.24) is 10.6 Å². The van der Waals surface area contributed by atoms with E-state index < -0.39 is 5.41 Å². The van der Waals surface area contributed by atoms with Gasteiger partial charge in [0.2, 0.25) is 5.91 Å². The van der Waals surface area contributed by atoms with Crippen LogP contribution in [0.3, 0.4) is 0 Å². The highest BCUT2D eigenvalue weighted by Crippen LogP contribution is 2.18. The molecule has 0 aliphatic carbocycles. The van der Waals surface area contributed by atoms with Gasteiger partial charge in [0.25, 0.3) is 0 Å². The van der Waals surface area contributed by atoms with Crippen molar-refractivity contribution >= 4 is 11.9 Å². The monoisotopic (exact) mass is 292 g/mol. The van der Waals surface area contributed by atoms with Crippen LogP contribution in [0.25, 0.3) is 0 Å². The topological polar surface area (TPSA) is 67.4 Å². The molecule has 0 aliphatic heterocycles. The van der Waals surface area contributed by atoms with Crippen molar-refractivity contribution in [2.75, 3.05) is 27.2 Å². The number of esters is 1. The molecule has 1 aromatic rings. The van der Waals surface area contributed by atoms with Crippen molar-refractivity contribution < 1.29 is 14.3 Å². The van der Waals surface area contributed by atoms with Gasteiger partial charge in [-0.1, -0.05) is 30.3 Å². The molecule has 21 heavy (non-hydrogen) atoms. The first-order valence-corrected chi connectivity index (χ1v) is 6.98. The van der Waals surface area contributed by atoms with Gasteiger partial charge < -0.3 is 15.4 Å². The van der Waals surface area contributed by atoms with Gasteiger partial charge in [0.15, 0.2) is 0 Å². The van der Waals surface area contributed by atoms with Crippen LogP contribution in [0.15, 0.2) is 30.3 Å². The third kappa shape index (κ3) is 4.86. The van der Waals surface area contributed by atoms with Crippen LogP contribution >= 0.6 is 0 Å². The van der Waals surface area contributed by atoms with E-state index in [2.05, 4.69) is 10.6 Å². The Kier molecular flexibility index (Phi) is 6.37. The minimum absolute atomic E-state index is 0.0377. The normalized spacial score (nSPS) is 12.6.